The van der Waals surface area contributed by atoms with Crippen LogP contribution in [-0.2, 0) is 0 Å². The fourth-order valence-corrected chi connectivity index (χ4v) is 4.98. The first-order valence-electron chi connectivity index (χ1n) is 10.6. The number of thioether (sulfide) groups is 1. The van der Waals surface area contributed by atoms with Gasteiger partial charge in [0.05, 0.1) is 22.3 Å². The maximum Gasteiger partial charge on any atom is 0.263 e. The quantitative estimate of drug-likeness (QED) is 0.178. The van der Waals surface area contributed by atoms with Gasteiger partial charge in [-0.3, -0.25) is 9.59 Å². The Bertz CT molecular complexity index is 1450. The zero-order valence-electron chi connectivity index (χ0n) is 19.5. The number of pyridine rings is 1. The van der Waals surface area contributed by atoms with Crippen molar-refractivity contribution >= 4 is 68.1 Å². The average Bonchev–Trinajstić information content (AvgIpc) is 3.14. The third kappa shape index (κ3) is 5.39. The molecule has 0 radical (unpaired) electrons. The number of fused-ring (bicyclic) bond motifs is 1. The van der Waals surface area contributed by atoms with Crippen LogP contribution in [0.4, 0.5) is 11.4 Å². The number of hydrogen-bond donors (Lipinski definition) is 3. The van der Waals surface area contributed by atoms with Gasteiger partial charge in [-0.1, -0.05) is 35.5 Å². The molecule has 4 aromatic rings. The van der Waals surface area contributed by atoms with E-state index in [1.807, 2.05) is 33.1 Å². The molecule has 4 N–H and O–H groups in total. The first kappa shape index (κ1) is 24.9. The van der Waals surface area contributed by atoms with Crippen molar-refractivity contribution in [3.63, 3.8) is 0 Å². The summed E-state index contributed by atoms with van der Waals surface area (Å²) in [5, 5.41) is 7.07. The van der Waals surface area contributed by atoms with Crippen molar-refractivity contribution < 1.29 is 9.59 Å². The highest BCUT2D eigenvalue weighted by Gasteiger charge is 2.24. The Morgan fingerprint density at radius 3 is 2.57 bits per heavy atom. The smallest absolute Gasteiger partial charge is 0.263 e. The van der Waals surface area contributed by atoms with Crippen molar-refractivity contribution in [1.29, 1.82) is 0 Å². The van der Waals surface area contributed by atoms with E-state index in [2.05, 4.69) is 20.6 Å². The second-order valence-electron chi connectivity index (χ2n) is 8.66. The minimum atomic E-state index is -0.414. The van der Waals surface area contributed by atoms with Gasteiger partial charge in [0.25, 0.3) is 11.8 Å². The van der Waals surface area contributed by atoms with E-state index in [-0.39, 0.29) is 22.5 Å². The van der Waals surface area contributed by atoms with Crippen LogP contribution < -0.4 is 16.4 Å². The molecule has 0 atom stereocenters. The van der Waals surface area contributed by atoms with Crippen LogP contribution in [0.25, 0.3) is 21.5 Å². The summed E-state index contributed by atoms with van der Waals surface area (Å²) in [6.45, 7) is 5.72. The molecule has 11 heteroatoms. The molecular weight excluding hydrogens is 504 g/mol. The number of nitrogens with zero attached hydrogens (tertiary/aromatic N) is 3. The maximum absolute atomic E-state index is 12.9. The number of nitrogen functional groups attached to an aromatic ring is 1. The predicted octanol–water partition coefficient (Wildman–Crippen LogP) is 5.49. The summed E-state index contributed by atoms with van der Waals surface area (Å²) in [6.07, 6.45) is 3.40. The highest BCUT2D eigenvalue weighted by Crippen LogP contribution is 2.40. The number of amides is 2. The number of nitrogens with two attached hydrogens (primary N) is 1. The number of carbonyl (C=O) groups excluding carboxylic acids is 2. The van der Waals surface area contributed by atoms with Crippen molar-refractivity contribution in [3.05, 3.63) is 58.2 Å². The lowest BCUT2D eigenvalue weighted by molar-refractivity contribution is 0.0924. The van der Waals surface area contributed by atoms with Crippen molar-refractivity contribution in [2.75, 3.05) is 17.3 Å². The lowest BCUT2D eigenvalue weighted by Crippen LogP contribution is -2.40. The van der Waals surface area contributed by atoms with Gasteiger partial charge in [-0.15, -0.1) is 11.3 Å². The number of halogens is 1. The van der Waals surface area contributed by atoms with E-state index < -0.39 is 5.54 Å². The van der Waals surface area contributed by atoms with E-state index in [9.17, 15) is 9.59 Å². The van der Waals surface area contributed by atoms with Crippen molar-refractivity contribution in [1.82, 2.24) is 20.3 Å². The van der Waals surface area contributed by atoms with E-state index in [1.54, 1.807) is 30.3 Å². The molecule has 0 aliphatic heterocycles. The van der Waals surface area contributed by atoms with Gasteiger partial charge in [0.1, 0.15) is 14.9 Å². The van der Waals surface area contributed by atoms with Gasteiger partial charge >= 0.3 is 0 Å². The molecule has 35 heavy (non-hydrogen) atoms. The van der Waals surface area contributed by atoms with Gasteiger partial charge < -0.3 is 16.4 Å². The maximum atomic E-state index is 12.9. The van der Waals surface area contributed by atoms with Crippen molar-refractivity contribution in [2.45, 2.75) is 31.5 Å². The zero-order chi connectivity index (χ0) is 25.3. The SMILES string of the molecule is CSc1nc(-c2cccc(NC(=O)c3cccnc3Cl)c2)c2c(N)c(C(=O)NC(C)(C)C)sc2n1. The van der Waals surface area contributed by atoms with Crippen LogP contribution in [0.2, 0.25) is 5.15 Å². The second kappa shape index (κ2) is 9.80. The molecule has 0 saturated carbocycles. The topological polar surface area (TPSA) is 123 Å². The fourth-order valence-electron chi connectivity index (χ4n) is 3.37. The zero-order valence-corrected chi connectivity index (χ0v) is 21.9. The molecule has 4 rings (SSSR count). The molecule has 3 aromatic heterocycles. The molecule has 2 amide bonds. The Kier molecular flexibility index (Phi) is 6.98. The molecule has 3 heterocycles. The molecule has 0 unspecified atom stereocenters. The Labute approximate surface area is 215 Å². The lowest BCUT2D eigenvalue weighted by atomic mass is 10.1. The van der Waals surface area contributed by atoms with Crippen LogP contribution in [0.3, 0.4) is 0 Å². The summed E-state index contributed by atoms with van der Waals surface area (Å²) < 4.78 is 0. The standard InChI is InChI=1S/C24H23ClN6O2S2/c1-24(2,3)31-21(33)18-16(26)15-17(29-23(34-4)30-22(15)35-18)12-7-5-8-13(11-12)28-20(32)14-9-6-10-27-19(14)25/h5-11H,26H2,1-4H3,(H,28,32)(H,31,33). The van der Waals surface area contributed by atoms with Gasteiger partial charge in [-0.05, 0) is 51.3 Å². The molecule has 0 fully saturated rings. The number of hydrogen-bond acceptors (Lipinski definition) is 8. The van der Waals surface area contributed by atoms with Gasteiger partial charge in [0.15, 0.2) is 5.16 Å². The minimum Gasteiger partial charge on any atom is -0.397 e. The van der Waals surface area contributed by atoms with E-state index in [4.69, 9.17) is 22.3 Å². The first-order chi connectivity index (χ1) is 16.6. The summed E-state index contributed by atoms with van der Waals surface area (Å²) in [6, 6.07) is 10.5. The number of benzene rings is 1. The van der Waals surface area contributed by atoms with Crippen LogP contribution in [0, 0.1) is 0 Å². The molecule has 1 aromatic carbocycles. The summed E-state index contributed by atoms with van der Waals surface area (Å²) >= 11 is 8.68. The fraction of sp³-hybridized carbons (Fsp3) is 0.208. The molecule has 0 aliphatic carbocycles. The molecule has 0 saturated heterocycles. The average molecular weight is 527 g/mol. The minimum absolute atomic E-state index is 0.121. The van der Waals surface area contributed by atoms with E-state index in [1.165, 1.54) is 29.3 Å². The predicted molar refractivity (Wildman–Crippen MR) is 143 cm³/mol. The van der Waals surface area contributed by atoms with Gasteiger partial charge in [0.2, 0.25) is 0 Å². The van der Waals surface area contributed by atoms with Crippen LogP contribution >= 0.6 is 34.7 Å². The van der Waals surface area contributed by atoms with E-state index >= 15 is 0 Å². The van der Waals surface area contributed by atoms with E-state index in [0.29, 0.717) is 37.3 Å². The van der Waals surface area contributed by atoms with Crippen LogP contribution in [0.1, 0.15) is 40.8 Å². The van der Waals surface area contributed by atoms with Gasteiger partial charge in [0, 0.05) is 23.0 Å². The summed E-state index contributed by atoms with van der Waals surface area (Å²) in [4.78, 5) is 39.8. The number of anilines is 2. The molecule has 0 spiro atoms. The monoisotopic (exact) mass is 526 g/mol. The highest BCUT2D eigenvalue weighted by atomic mass is 35.5. The molecule has 0 aliphatic rings. The third-order valence-corrected chi connectivity index (χ3v) is 6.79. The van der Waals surface area contributed by atoms with Crippen LogP contribution in [-0.4, -0.2) is 38.6 Å². The van der Waals surface area contributed by atoms with Crippen LogP contribution in [0.15, 0.2) is 47.8 Å². The Hall–Kier alpha value is -3.21. The van der Waals surface area contributed by atoms with Crippen molar-refractivity contribution in [3.8, 4) is 11.3 Å². The van der Waals surface area contributed by atoms with Crippen LogP contribution in [0.5, 0.6) is 0 Å². The van der Waals surface area contributed by atoms with Gasteiger partial charge in [-0.2, -0.15) is 0 Å². The Balaban J connectivity index is 1.77. The highest BCUT2D eigenvalue weighted by molar-refractivity contribution is 7.98. The molecule has 0 bridgehead atoms. The molecular formula is C24H23ClN6O2S2. The summed E-state index contributed by atoms with van der Waals surface area (Å²) in [5.41, 5.74) is 8.50. The van der Waals surface area contributed by atoms with Crippen molar-refractivity contribution in [2.24, 2.45) is 0 Å². The van der Waals surface area contributed by atoms with Gasteiger partial charge in [-0.25, -0.2) is 15.0 Å². The lowest BCUT2D eigenvalue weighted by Gasteiger charge is -2.20. The Morgan fingerprint density at radius 2 is 1.89 bits per heavy atom. The first-order valence-corrected chi connectivity index (χ1v) is 13.0. The Morgan fingerprint density at radius 1 is 1.11 bits per heavy atom. The number of nitrogens with one attached hydrogen (secondary N) is 2. The number of rotatable bonds is 5. The largest absolute Gasteiger partial charge is 0.397 e. The number of aromatic nitrogens is 3. The summed E-state index contributed by atoms with van der Waals surface area (Å²) in [5.74, 6) is -0.641. The normalized spacial score (nSPS) is 11.5. The number of carbonyl (C=O) groups is 2. The molecule has 180 valence electrons. The van der Waals surface area contributed by atoms with E-state index in [0.717, 1.165) is 5.56 Å². The third-order valence-electron chi connectivity index (χ3n) is 4.84. The summed E-state index contributed by atoms with van der Waals surface area (Å²) in [7, 11) is 0. The number of thiophene rings is 1. The molecule has 8 nitrogen and oxygen atoms in total. The second-order valence-corrected chi connectivity index (χ2v) is 10.8.